The van der Waals surface area contributed by atoms with Crippen LogP contribution in [0.1, 0.15) is 12.8 Å². The molecule has 1 fully saturated rings. The molecule has 0 aromatic heterocycles. The van der Waals surface area contributed by atoms with Crippen molar-refractivity contribution in [3.8, 4) is 0 Å². The maximum Gasteiger partial charge on any atom is 0.238 e. The lowest BCUT2D eigenvalue weighted by Gasteiger charge is -2.32. The Bertz CT molecular complexity index is 682. The Balaban J connectivity index is 1.89. The first-order valence-electron chi connectivity index (χ1n) is 7.17. The molecule has 9 heteroatoms. The number of piperidine rings is 1. The Kier molecular flexibility index (Phi) is 6.27. The molecule has 6 nitrogen and oxygen atoms in total. The lowest BCUT2D eigenvalue weighted by Crippen LogP contribution is -2.49. The summed E-state index contributed by atoms with van der Waals surface area (Å²) in [6, 6.07) is 4.69. The van der Waals surface area contributed by atoms with Gasteiger partial charge in [-0.05, 0) is 37.6 Å². The van der Waals surface area contributed by atoms with E-state index in [1.165, 1.54) is 0 Å². The first-order chi connectivity index (χ1) is 10.7. The van der Waals surface area contributed by atoms with Gasteiger partial charge in [0.25, 0.3) is 0 Å². The largest absolute Gasteiger partial charge is 0.324 e. The summed E-state index contributed by atoms with van der Waals surface area (Å²) in [6.07, 6.45) is 2.75. The van der Waals surface area contributed by atoms with E-state index in [-0.39, 0.29) is 18.5 Å². The van der Waals surface area contributed by atoms with E-state index in [4.69, 9.17) is 23.2 Å². The maximum absolute atomic E-state index is 12.1. The second kappa shape index (κ2) is 7.81. The number of sulfonamides is 1. The first kappa shape index (κ1) is 18.5. The zero-order chi connectivity index (χ0) is 17.0. The van der Waals surface area contributed by atoms with Crippen LogP contribution in [0.5, 0.6) is 0 Å². The fourth-order valence-electron chi connectivity index (χ4n) is 2.58. The van der Waals surface area contributed by atoms with Crippen molar-refractivity contribution >= 4 is 44.8 Å². The van der Waals surface area contributed by atoms with Crippen LogP contribution < -0.4 is 10.0 Å². The SMILES string of the molecule is CS(=O)(=O)NC1CCCN(CC(=O)Nc2ccc(Cl)cc2Cl)C1. The van der Waals surface area contributed by atoms with Crippen LogP contribution >= 0.6 is 23.2 Å². The van der Waals surface area contributed by atoms with E-state index in [2.05, 4.69) is 10.0 Å². The van der Waals surface area contributed by atoms with Gasteiger partial charge in [0.15, 0.2) is 0 Å². The summed E-state index contributed by atoms with van der Waals surface area (Å²) in [7, 11) is -3.24. The monoisotopic (exact) mass is 379 g/mol. The van der Waals surface area contributed by atoms with Crippen LogP contribution in [0.15, 0.2) is 18.2 Å². The van der Waals surface area contributed by atoms with Crippen molar-refractivity contribution in [2.45, 2.75) is 18.9 Å². The predicted molar refractivity (Wildman–Crippen MR) is 92.5 cm³/mol. The lowest BCUT2D eigenvalue weighted by molar-refractivity contribution is -0.117. The molecule has 0 bridgehead atoms. The van der Waals surface area contributed by atoms with Crippen molar-refractivity contribution in [2.24, 2.45) is 0 Å². The van der Waals surface area contributed by atoms with Crippen molar-refractivity contribution in [2.75, 3.05) is 31.2 Å². The highest BCUT2D eigenvalue weighted by atomic mass is 35.5. The smallest absolute Gasteiger partial charge is 0.238 e. The minimum absolute atomic E-state index is 0.161. The van der Waals surface area contributed by atoms with Gasteiger partial charge < -0.3 is 5.32 Å². The molecule has 1 aromatic carbocycles. The number of hydrogen-bond donors (Lipinski definition) is 2. The quantitative estimate of drug-likeness (QED) is 0.819. The number of hydrogen-bond acceptors (Lipinski definition) is 4. The van der Waals surface area contributed by atoms with Crippen LogP contribution in [0.25, 0.3) is 0 Å². The Morgan fingerprint density at radius 1 is 1.39 bits per heavy atom. The Hall–Kier alpha value is -0.860. The maximum atomic E-state index is 12.1. The van der Waals surface area contributed by atoms with Crippen LogP contribution in [0, 0.1) is 0 Å². The molecule has 1 aliphatic rings. The van der Waals surface area contributed by atoms with Gasteiger partial charge in [0, 0.05) is 17.6 Å². The normalized spacial score (nSPS) is 19.5. The molecule has 1 aromatic rings. The molecule has 1 heterocycles. The molecule has 0 aliphatic carbocycles. The third-order valence-electron chi connectivity index (χ3n) is 3.46. The van der Waals surface area contributed by atoms with Crippen molar-refractivity contribution < 1.29 is 13.2 Å². The van der Waals surface area contributed by atoms with Gasteiger partial charge in [0.1, 0.15) is 0 Å². The third-order valence-corrected chi connectivity index (χ3v) is 4.77. The van der Waals surface area contributed by atoms with Crippen LogP contribution in [0.4, 0.5) is 5.69 Å². The van der Waals surface area contributed by atoms with Crippen LogP contribution in [0.2, 0.25) is 10.0 Å². The molecule has 1 amide bonds. The van der Waals surface area contributed by atoms with Gasteiger partial charge in [0.2, 0.25) is 15.9 Å². The third kappa shape index (κ3) is 6.27. The summed E-state index contributed by atoms with van der Waals surface area (Å²) in [6.45, 7) is 1.44. The minimum Gasteiger partial charge on any atom is -0.324 e. The van der Waals surface area contributed by atoms with Gasteiger partial charge in [0.05, 0.1) is 23.5 Å². The molecule has 128 valence electrons. The Morgan fingerprint density at radius 3 is 2.78 bits per heavy atom. The molecule has 1 unspecified atom stereocenters. The van der Waals surface area contributed by atoms with Crippen molar-refractivity contribution in [1.82, 2.24) is 9.62 Å². The number of carbonyl (C=O) groups excluding carboxylic acids is 1. The van der Waals surface area contributed by atoms with E-state index in [1.54, 1.807) is 18.2 Å². The number of nitrogens with one attached hydrogen (secondary N) is 2. The predicted octanol–water partition coefficient (Wildman–Crippen LogP) is 1.95. The van der Waals surface area contributed by atoms with E-state index in [1.807, 2.05) is 4.90 Å². The van der Waals surface area contributed by atoms with Crippen LogP contribution in [-0.4, -0.2) is 51.2 Å². The molecule has 0 saturated carbocycles. The van der Waals surface area contributed by atoms with E-state index in [9.17, 15) is 13.2 Å². The average molecular weight is 380 g/mol. The highest BCUT2D eigenvalue weighted by Gasteiger charge is 2.23. The number of nitrogens with zero attached hydrogens (tertiary/aromatic N) is 1. The van der Waals surface area contributed by atoms with Crippen molar-refractivity contribution in [3.05, 3.63) is 28.2 Å². The fraction of sp³-hybridized carbons (Fsp3) is 0.500. The molecule has 1 atom stereocenters. The number of carbonyl (C=O) groups is 1. The van der Waals surface area contributed by atoms with Gasteiger partial charge in [-0.25, -0.2) is 13.1 Å². The number of rotatable bonds is 5. The Labute approximate surface area is 146 Å². The average Bonchev–Trinajstić information content (AvgIpc) is 2.40. The fourth-order valence-corrected chi connectivity index (χ4v) is 3.84. The zero-order valence-corrected chi connectivity index (χ0v) is 15.0. The first-order valence-corrected chi connectivity index (χ1v) is 9.82. The molecule has 23 heavy (non-hydrogen) atoms. The van der Waals surface area contributed by atoms with Gasteiger partial charge in [-0.15, -0.1) is 0 Å². The molecule has 0 radical (unpaired) electrons. The second-order valence-corrected chi connectivity index (χ2v) is 8.26. The van der Waals surface area contributed by atoms with Gasteiger partial charge in [-0.2, -0.15) is 0 Å². The number of anilines is 1. The number of amides is 1. The molecular formula is C14H19Cl2N3O3S. The summed E-state index contributed by atoms with van der Waals surface area (Å²) in [5.74, 6) is -0.200. The highest BCUT2D eigenvalue weighted by molar-refractivity contribution is 7.88. The summed E-state index contributed by atoms with van der Waals surface area (Å²) in [5, 5.41) is 3.61. The molecule has 0 spiro atoms. The summed E-state index contributed by atoms with van der Waals surface area (Å²) >= 11 is 11.8. The van der Waals surface area contributed by atoms with E-state index in [0.29, 0.717) is 22.3 Å². The summed E-state index contributed by atoms with van der Waals surface area (Å²) in [5.41, 5.74) is 0.504. The van der Waals surface area contributed by atoms with Gasteiger partial charge in [-0.3, -0.25) is 9.69 Å². The van der Waals surface area contributed by atoms with E-state index >= 15 is 0 Å². The lowest BCUT2D eigenvalue weighted by atomic mass is 10.1. The van der Waals surface area contributed by atoms with Crippen molar-refractivity contribution in [1.29, 1.82) is 0 Å². The minimum atomic E-state index is -3.24. The van der Waals surface area contributed by atoms with Gasteiger partial charge >= 0.3 is 0 Å². The van der Waals surface area contributed by atoms with E-state index in [0.717, 1.165) is 25.6 Å². The van der Waals surface area contributed by atoms with Crippen LogP contribution in [-0.2, 0) is 14.8 Å². The molecule has 1 saturated heterocycles. The topological polar surface area (TPSA) is 78.5 Å². The second-order valence-electron chi connectivity index (χ2n) is 5.64. The molecule has 1 aliphatic heterocycles. The van der Waals surface area contributed by atoms with E-state index < -0.39 is 10.0 Å². The molecule has 2 rings (SSSR count). The molecule has 2 N–H and O–H groups in total. The van der Waals surface area contributed by atoms with Crippen LogP contribution in [0.3, 0.4) is 0 Å². The number of benzene rings is 1. The van der Waals surface area contributed by atoms with Gasteiger partial charge in [-0.1, -0.05) is 23.2 Å². The number of halogens is 2. The summed E-state index contributed by atoms with van der Waals surface area (Å²) < 4.78 is 25.2. The highest BCUT2D eigenvalue weighted by Crippen LogP contribution is 2.25. The Morgan fingerprint density at radius 2 is 2.13 bits per heavy atom. The standard InChI is InChI=1S/C14H19Cl2N3O3S/c1-23(21,22)18-11-3-2-6-19(8-11)9-14(20)17-13-5-4-10(15)7-12(13)16/h4-5,7,11,18H,2-3,6,8-9H2,1H3,(H,17,20). The van der Waals surface area contributed by atoms with Crippen molar-refractivity contribution in [3.63, 3.8) is 0 Å². The molecular weight excluding hydrogens is 361 g/mol. The zero-order valence-electron chi connectivity index (χ0n) is 12.7. The summed E-state index contributed by atoms with van der Waals surface area (Å²) in [4.78, 5) is 14.0. The number of likely N-dealkylation sites (tertiary alicyclic amines) is 1.